The molecule has 0 spiro atoms. The van der Waals surface area contributed by atoms with Crippen LogP contribution in [0.5, 0.6) is 0 Å². The highest BCUT2D eigenvalue weighted by molar-refractivity contribution is 7.91. The maximum absolute atomic E-state index is 12.3. The lowest BCUT2D eigenvalue weighted by atomic mass is 10.1. The zero-order chi connectivity index (χ0) is 16.7. The van der Waals surface area contributed by atoms with Gasteiger partial charge in [-0.05, 0) is 20.8 Å². The van der Waals surface area contributed by atoms with Gasteiger partial charge in [0.25, 0.3) is 0 Å². The molecule has 0 aromatic rings. The van der Waals surface area contributed by atoms with Crippen molar-refractivity contribution in [3.63, 3.8) is 0 Å². The second kappa shape index (κ2) is 5.88. The average molecular weight is 353 g/mol. The third-order valence-corrected chi connectivity index (χ3v) is 5.67. The molecule has 0 unspecified atom stereocenters. The van der Waals surface area contributed by atoms with Crippen molar-refractivity contribution < 1.29 is 22.7 Å². The fraction of sp³-hybridized carbons (Fsp3) is 0.846. The first kappa shape index (κ1) is 17.3. The van der Waals surface area contributed by atoms with Crippen LogP contribution >= 0.6 is 11.6 Å². The van der Waals surface area contributed by atoms with Gasteiger partial charge in [0.2, 0.25) is 5.91 Å². The molecule has 0 radical (unpaired) electrons. The Morgan fingerprint density at radius 3 is 2.14 bits per heavy atom. The number of hydrogen-bond donors (Lipinski definition) is 0. The third-order valence-electron chi connectivity index (χ3n) is 3.74. The molecule has 22 heavy (non-hydrogen) atoms. The van der Waals surface area contributed by atoms with Gasteiger partial charge in [0.15, 0.2) is 9.84 Å². The second-order valence-electron chi connectivity index (χ2n) is 6.61. The zero-order valence-corrected chi connectivity index (χ0v) is 14.5. The van der Waals surface area contributed by atoms with Crippen molar-refractivity contribution in [1.82, 2.24) is 9.80 Å². The topological polar surface area (TPSA) is 84.0 Å². The smallest absolute Gasteiger partial charge is 0.410 e. The molecule has 0 bridgehead atoms. The Kier molecular flexibility index (Phi) is 4.64. The van der Waals surface area contributed by atoms with Crippen LogP contribution in [0.1, 0.15) is 20.8 Å². The summed E-state index contributed by atoms with van der Waals surface area (Å²) >= 11 is 5.59. The van der Waals surface area contributed by atoms with Gasteiger partial charge < -0.3 is 14.5 Å². The number of hydrogen-bond acceptors (Lipinski definition) is 5. The number of halogens is 1. The number of ether oxygens (including phenoxy) is 1. The van der Waals surface area contributed by atoms with Gasteiger partial charge >= 0.3 is 6.09 Å². The fourth-order valence-electron chi connectivity index (χ4n) is 2.89. The molecule has 2 aliphatic heterocycles. The number of nitrogens with zero attached hydrogens (tertiary/aromatic N) is 2. The number of carbonyl (C=O) groups excluding carboxylic acids is 2. The first-order valence-electron chi connectivity index (χ1n) is 7.09. The van der Waals surface area contributed by atoms with Crippen molar-refractivity contribution in [2.75, 3.05) is 30.5 Å². The summed E-state index contributed by atoms with van der Waals surface area (Å²) < 4.78 is 29.3. The van der Waals surface area contributed by atoms with Crippen molar-refractivity contribution >= 4 is 33.4 Å². The van der Waals surface area contributed by atoms with Crippen LogP contribution in [0.2, 0.25) is 0 Å². The lowest BCUT2D eigenvalue weighted by Gasteiger charge is -2.43. The average Bonchev–Trinajstić information content (AvgIpc) is 2.69. The molecule has 0 N–H and O–H groups in total. The summed E-state index contributed by atoms with van der Waals surface area (Å²) in [4.78, 5) is 27.1. The maximum Gasteiger partial charge on any atom is 0.410 e. The molecule has 0 aromatic carbocycles. The number of alkyl halides is 1. The summed E-state index contributed by atoms with van der Waals surface area (Å²) in [5.41, 5.74) is -0.660. The van der Waals surface area contributed by atoms with Crippen LogP contribution in [0.4, 0.5) is 4.79 Å². The van der Waals surface area contributed by atoms with Gasteiger partial charge in [0.05, 0.1) is 23.6 Å². The molecule has 0 aliphatic carbocycles. The highest BCUT2D eigenvalue weighted by Gasteiger charge is 2.50. The zero-order valence-electron chi connectivity index (χ0n) is 12.9. The minimum absolute atomic E-state index is 0.139. The summed E-state index contributed by atoms with van der Waals surface area (Å²) in [5.74, 6) is -0.796. The van der Waals surface area contributed by atoms with Crippen molar-refractivity contribution in [3.05, 3.63) is 0 Å². The molecular formula is C13H21ClN2O5S. The summed E-state index contributed by atoms with van der Waals surface area (Å²) in [7, 11) is -3.30. The van der Waals surface area contributed by atoms with Crippen LogP contribution < -0.4 is 0 Å². The molecule has 2 aliphatic rings. The predicted molar refractivity (Wildman–Crippen MR) is 81.6 cm³/mol. The van der Waals surface area contributed by atoms with Gasteiger partial charge in [0.1, 0.15) is 11.5 Å². The van der Waals surface area contributed by atoms with E-state index < -0.39 is 33.6 Å². The van der Waals surface area contributed by atoms with Gasteiger partial charge in [-0.2, -0.15) is 0 Å². The Morgan fingerprint density at radius 1 is 1.14 bits per heavy atom. The van der Waals surface area contributed by atoms with Crippen LogP contribution in [0.3, 0.4) is 0 Å². The first-order chi connectivity index (χ1) is 10.0. The monoisotopic (exact) mass is 352 g/mol. The molecule has 0 saturated carbocycles. The fourth-order valence-corrected chi connectivity index (χ4v) is 5.02. The normalized spacial score (nSPS) is 27.5. The maximum atomic E-state index is 12.3. The number of amides is 2. The largest absolute Gasteiger partial charge is 0.444 e. The Balaban J connectivity index is 2.23. The van der Waals surface area contributed by atoms with Crippen LogP contribution in [0.25, 0.3) is 0 Å². The van der Waals surface area contributed by atoms with Gasteiger partial charge in [-0.1, -0.05) is 0 Å². The van der Waals surface area contributed by atoms with E-state index in [0.29, 0.717) is 0 Å². The van der Waals surface area contributed by atoms with E-state index in [0.717, 1.165) is 0 Å². The van der Waals surface area contributed by atoms with Gasteiger partial charge in [-0.25, -0.2) is 13.2 Å². The third kappa shape index (κ3) is 3.65. The standard InChI is InChI=1S/C13H21ClN2O5S/c1-13(2,3)21-12(18)16-5-4-15(11(17)6-14)9-7-22(19,20)8-10(9)16/h9-10H,4-8H2,1-3H3/t9-,10+/m0/s1. The molecule has 2 fully saturated rings. The molecule has 9 heteroatoms. The first-order valence-corrected chi connectivity index (χ1v) is 9.45. The van der Waals surface area contributed by atoms with Crippen LogP contribution in [0, 0.1) is 0 Å². The summed E-state index contributed by atoms with van der Waals surface area (Å²) in [5, 5.41) is 0. The summed E-state index contributed by atoms with van der Waals surface area (Å²) in [6, 6.07) is -1.11. The van der Waals surface area contributed by atoms with Crippen molar-refractivity contribution in [2.24, 2.45) is 0 Å². The number of fused-ring (bicyclic) bond motifs is 1. The molecule has 2 saturated heterocycles. The van der Waals surface area contributed by atoms with E-state index in [1.54, 1.807) is 20.8 Å². The van der Waals surface area contributed by atoms with Gasteiger partial charge in [-0.15, -0.1) is 11.6 Å². The van der Waals surface area contributed by atoms with Crippen molar-refractivity contribution in [3.8, 4) is 0 Å². The molecular weight excluding hydrogens is 332 g/mol. The second-order valence-corrected chi connectivity index (χ2v) is 9.03. The lowest BCUT2D eigenvalue weighted by molar-refractivity contribution is -0.134. The van der Waals surface area contributed by atoms with E-state index in [2.05, 4.69) is 0 Å². The SMILES string of the molecule is CC(C)(C)OC(=O)N1CCN(C(=O)CCl)[C@H]2CS(=O)(=O)C[C@H]21. The Hall–Kier alpha value is -1.02. The molecule has 2 amide bonds. The highest BCUT2D eigenvalue weighted by atomic mass is 35.5. The van der Waals surface area contributed by atoms with E-state index in [-0.39, 0.29) is 36.4 Å². The van der Waals surface area contributed by atoms with Crippen molar-refractivity contribution in [2.45, 2.75) is 38.5 Å². The minimum Gasteiger partial charge on any atom is -0.444 e. The Labute approximate surface area is 135 Å². The quantitative estimate of drug-likeness (QED) is 0.640. The number of piperazine rings is 1. The van der Waals surface area contributed by atoms with E-state index in [1.807, 2.05) is 0 Å². The van der Waals surface area contributed by atoms with Gasteiger partial charge in [0, 0.05) is 13.1 Å². The number of rotatable bonds is 1. The Morgan fingerprint density at radius 2 is 1.64 bits per heavy atom. The number of sulfone groups is 1. The minimum atomic E-state index is -3.30. The van der Waals surface area contributed by atoms with E-state index in [9.17, 15) is 18.0 Å². The molecule has 2 heterocycles. The summed E-state index contributed by atoms with van der Waals surface area (Å²) in [6.07, 6.45) is -0.544. The van der Waals surface area contributed by atoms with Gasteiger partial charge in [-0.3, -0.25) is 4.79 Å². The van der Waals surface area contributed by atoms with Crippen LogP contribution in [-0.4, -0.2) is 78.4 Å². The molecule has 2 atom stereocenters. The predicted octanol–water partition coefficient (Wildman–Crippen LogP) is 0.470. The molecule has 7 nitrogen and oxygen atoms in total. The summed E-state index contributed by atoms with van der Waals surface area (Å²) in [6.45, 7) is 5.76. The van der Waals surface area contributed by atoms with E-state index >= 15 is 0 Å². The van der Waals surface area contributed by atoms with Crippen molar-refractivity contribution in [1.29, 1.82) is 0 Å². The van der Waals surface area contributed by atoms with E-state index in [1.165, 1.54) is 9.80 Å². The van der Waals surface area contributed by atoms with Crippen LogP contribution in [0.15, 0.2) is 0 Å². The molecule has 126 valence electrons. The number of carbonyl (C=O) groups is 2. The van der Waals surface area contributed by atoms with Crippen LogP contribution in [-0.2, 0) is 19.4 Å². The molecule has 0 aromatic heterocycles. The Bertz CT molecular complexity index is 571. The van der Waals surface area contributed by atoms with E-state index in [4.69, 9.17) is 16.3 Å². The highest BCUT2D eigenvalue weighted by Crippen LogP contribution is 2.28. The lowest BCUT2D eigenvalue weighted by Crippen LogP contribution is -2.62. The molecule has 2 rings (SSSR count).